The van der Waals surface area contributed by atoms with E-state index in [2.05, 4.69) is 26.9 Å². The third kappa shape index (κ3) is 3.05. The van der Waals surface area contributed by atoms with Crippen LogP contribution >= 0.6 is 0 Å². The fourth-order valence-corrected chi connectivity index (χ4v) is 4.59. The van der Waals surface area contributed by atoms with Gasteiger partial charge in [-0.2, -0.15) is 0 Å². The minimum absolute atomic E-state index is 0.523. The molecule has 0 N–H and O–H groups in total. The van der Waals surface area contributed by atoms with Crippen molar-refractivity contribution in [2.45, 2.75) is 38.3 Å². The number of piperidine rings is 1. The van der Waals surface area contributed by atoms with Crippen molar-refractivity contribution < 1.29 is 4.74 Å². The Hall–Kier alpha value is -0.970. The van der Waals surface area contributed by atoms with Crippen molar-refractivity contribution in [3.8, 4) is 0 Å². The molecule has 1 spiro atoms. The second kappa shape index (κ2) is 6.26. The number of rotatable bonds is 3. The van der Waals surface area contributed by atoms with Gasteiger partial charge in [0.05, 0.1) is 12.3 Å². The first-order valence-corrected chi connectivity index (χ1v) is 8.77. The van der Waals surface area contributed by atoms with Gasteiger partial charge in [0.1, 0.15) is 0 Å². The largest absolute Gasteiger partial charge is 0.380 e. The molecule has 3 aliphatic rings. The summed E-state index contributed by atoms with van der Waals surface area (Å²) in [6, 6.07) is 6.93. The van der Waals surface area contributed by atoms with Crippen LogP contribution in [0.15, 0.2) is 24.4 Å². The second-order valence-corrected chi connectivity index (χ2v) is 7.37. The molecule has 3 aliphatic heterocycles. The lowest BCUT2D eigenvalue weighted by atomic mass is 9.79. The van der Waals surface area contributed by atoms with E-state index in [0.717, 1.165) is 19.8 Å². The second-order valence-electron chi connectivity index (χ2n) is 7.37. The Labute approximate surface area is 133 Å². The lowest BCUT2D eigenvalue weighted by Crippen LogP contribution is -2.45. The topological polar surface area (TPSA) is 28.6 Å². The molecular formula is C18H27N3O. The molecule has 4 heterocycles. The molecule has 0 bridgehead atoms. The summed E-state index contributed by atoms with van der Waals surface area (Å²) >= 11 is 0. The average molecular weight is 301 g/mol. The Kier molecular flexibility index (Phi) is 4.16. The minimum Gasteiger partial charge on any atom is -0.380 e. The van der Waals surface area contributed by atoms with Gasteiger partial charge in [0, 0.05) is 38.5 Å². The standard InChI is InChI=1S/C18H27N3O/c1-2-8-19-16(4-1)12-20-9-3-6-18(14-20)7-10-21(15-18)17-5-11-22-13-17/h1-2,4,8,17H,3,5-7,9-15H2/t17-,18-/m1/s1. The number of hydrogen-bond donors (Lipinski definition) is 0. The first-order valence-electron chi connectivity index (χ1n) is 8.77. The molecule has 1 aromatic rings. The van der Waals surface area contributed by atoms with E-state index in [9.17, 15) is 0 Å². The van der Waals surface area contributed by atoms with Crippen LogP contribution in [0.25, 0.3) is 0 Å². The summed E-state index contributed by atoms with van der Waals surface area (Å²) in [7, 11) is 0. The van der Waals surface area contributed by atoms with Crippen LogP contribution in [0.4, 0.5) is 0 Å². The van der Waals surface area contributed by atoms with Crippen molar-refractivity contribution >= 4 is 0 Å². The number of aromatic nitrogens is 1. The summed E-state index contributed by atoms with van der Waals surface area (Å²) in [5, 5.41) is 0. The first-order chi connectivity index (χ1) is 10.8. The first kappa shape index (κ1) is 14.6. The Morgan fingerprint density at radius 2 is 2.23 bits per heavy atom. The van der Waals surface area contributed by atoms with Gasteiger partial charge in [-0.15, -0.1) is 0 Å². The summed E-state index contributed by atoms with van der Waals surface area (Å²) in [6.45, 7) is 7.94. The molecule has 0 unspecified atom stereocenters. The fourth-order valence-electron chi connectivity index (χ4n) is 4.59. The number of pyridine rings is 1. The van der Waals surface area contributed by atoms with Crippen LogP contribution in [0.3, 0.4) is 0 Å². The highest BCUT2D eigenvalue weighted by molar-refractivity contribution is 5.04. The molecule has 2 atom stereocenters. The molecule has 0 aliphatic carbocycles. The fraction of sp³-hybridized carbons (Fsp3) is 0.722. The summed E-state index contributed by atoms with van der Waals surface area (Å²) < 4.78 is 5.59. The molecule has 3 saturated heterocycles. The van der Waals surface area contributed by atoms with E-state index in [4.69, 9.17) is 4.74 Å². The monoisotopic (exact) mass is 301 g/mol. The van der Waals surface area contributed by atoms with Crippen molar-refractivity contribution in [3.05, 3.63) is 30.1 Å². The van der Waals surface area contributed by atoms with Gasteiger partial charge in [-0.3, -0.25) is 14.8 Å². The predicted molar refractivity (Wildman–Crippen MR) is 86.6 cm³/mol. The summed E-state index contributed by atoms with van der Waals surface area (Å²) in [5.41, 5.74) is 1.73. The van der Waals surface area contributed by atoms with E-state index in [1.54, 1.807) is 0 Å². The highest BCUT2D eigenvalue weighted by Crippen LogP contribution is 2.40. The predicted octanol–water partition coefficient (Wildman–Crippen LogP) is 2.16. The molecule has 0 aromatic carbocycles. The molecule has 4 heteroatoms. The van der Waals surface area contributed by atoms with Gasteiger partial charge >= 0.3 is 0 Å². The Morgan fingerprint density at radius 3 is 3.05 bits per heavy atom. The van der Waals surface area contributed by atoms with E-state index in [-0.39, 0.29) is 0 Å². The molecule has 0 saturated carbocycles. The zero-order valence-corrected chi connectivity index (χ0v) is 13.4. The van der Waals surface area contributed by atoms with Gasteiger partial charge in [-0.05, 0) is 56.3 Å². The molecule has 4 nitrogen and oxygen atoms in total. The van der Waals surface area contributed by atoms with Crippen LogP contribution in [-0.2, 0) is 11.3 Å². The van der Waals surface area contributed by atoms with Crippen molar-refractivity contribution in [2.24, 2.45) is 5.41 Å². The van der Waals surface area contributed by atoms with Crippen molar-refractivity contribution in [2.75, 3.05) is 39.4 Å². The summed E-state index contributed by atoms with van der Waals surface area (Å²) in [4.78, 5) is 9.83. The lowest BCUT2D eigenvalue weighted by molar-refractivity contribution is 0.0783. The quantitative estimate of drug-likeness (QED) is 0.855. The average Bonchev–Trinajstić information content (AvgIpc) is 3.19. The third-order valence-electron chi connectivity index (χ3n) is 5.74. The SMILES string of the molecule is c1ccc(CN2CCC[C@@]3(CCN([C@@H]4CCOC4)C3)C2)nc1. The smallest absolute Gasteiger partial charge is 0.0622 e. The van der Waals surface area contributed by atoms with Crippen molar-refractivity contribution in [3.63, 3.8) is 0 Å². The van der Waals surface area contributed by atoms with E-state index < -0.39 is 0 Å². The molecular weight excluding hydrogens is 274 g/mol. The Bertz CT molecular complexity index is 488. The van der Waals surface area contributed by atoms with Crippen LogP contribution in [0.1, 0.15) is 31.4 Å². The van der Waals surface area contributed by atoms with E-state index in [1.165, 1.54) is 57.6 Å². The van der Waals surface area contributed by atoms with E-state index >= 15 is 0 Å². The van der Waals surface area contributed by atoms with Gasteiger partial charge in [0.15, 0.2) is 0 Å². The molecule has 22 heavy (non-hydrogen) atoms. The van der Waals surface area contributed by atoms with E-state index in [0.29, 0.717) is 11.5 Å². The zero-order chi connectivity index (χ0) is 14.8. The number of nitrogens with zero attached hydrogens (tertiary/aromatic N) is 3. The highest BCUT2D eigenvalue weighted by atomic mass is 16.5. The number of likely N-dealkylation sites (tertiary alicyclic amines) is 2. The molecule has 3 fully saturated rings. The maximum Gasteiger partial charge on any atom is 0.0622 e. The Morgan fingerprint density at radius 1 is 1.23 bits per heavy atom. The maximum atomic E-state index is 5.59. The van der Waals surface area contributed by atoms with Gasteiger partial charge in [0.25, 0.3) is 0 Å². The number of ether oxygens (including phenoxy) is 1. The minimum atomic E-state index is 0.523. The van der Waals surface area contributed by atoms with Crippen molar-refractivity contribution in [1.29, 1.82) is 0 Å². The molecule has 120 valence electrons. The third-order valence-corrected chi connectivity index (χ3v) is 5.74. The molecule has 0 amide bonds. The van der Waals surface area contributed by atoms with Gasteiger partial charge in [-0.1, -0.05) is 6.07 Å². The summed E-state index contributed by atoms with van der Waals surface area (Å²) in [6.07, 6.45) is 7.24. The van der Waals surface area contributed by atoms with E-state index in [1.807, 2.05) is 12.3 Å². The zero-order valence-electron chi connectivity index (χ0n) is 13.4. The molecule has 0 radical (unpaired) electrons. The maximum absolute atomic E-state index is 5.59. The van der Waals surface area contributed by atoms with Crippen LogP contribution < -0.4 is 0 Å². The molecule has 4 rings (SSSR count). The molecule has 1 aromatic heterocycles. The van der Waals surface area contributed by atoms with Crippen molar-refractivity contribution in [1.82, 2.24) is 14.8 Å². The number of hydrogen-bond acceptors (Lipinski definition) is 4. The van der Waals surface area contributed by atoms with Gasteiger partial charge < -0.3 is 4.74 Å². The van der Waals surface area contributed by atoms with Gasteiger partial charge in [-0.25, -0.2) is 0 Å². The normalized spacial score (nSPS) is 33.7. The van der Waals surface area contributed by atoms with Crippen LogP contribution in [0.2, 0.25) is 0 Å². The lowest BCUT2D eigenvalue weighted by Gasteiger charge is -2.40. The van der Waals surface area contributed by atoms with Crippen LogP contribution in [-0.4, -0.2) is 60.2 Å². The summed E-state index contributed by atoms with van der Waals surface area (Å²) in [5.74, 6) is 0. The highest BCUT2D eigenvalue weighted by Gasteiger charge is 2.43. The van der Waals surface area contributed by atoms with Gasteiger partial charge in [0.2, 0.25) is 0 Å². The Balaban J connectivity index is 1.38. The van der Waals surface area contributed by atoms with Crippen LogP contribution in [0, 0.1) is 5.41 Å². The van der Waals surface area contributed by atoms with Crippen LogP contribution in [0.5, 0.6) is 0 Å².